The normalized spacial score (nSPS) is 9.29. The average molecular weight is 438 g/mol. The third kappa shape index (κ3) is 15100. The van der Waals surface area contributed by atoms with E-state index in [1.165, 1.54) is 0 Å². The summed E-state index contributed by atoms with van der Waals surface area (Å²) in [5.41, 5.74) is 0. The zero-order valence-corrected chi connectivity index (χ0v) is 12.0. The molecule has 0 unspecified atom stereocenters. The molecule has 0 aliphatic rings. The van der Waals surface area contributed by atoms with Crippen LogP contribution in [0.4, 0.5) is 73.7 Å². The molecule has 24 heavy (non-hydrogen) atoms. The summed E-state index contributed by atoms with van der Waals surface area (Å²) in [6, 6.07) is 0. The summed E-state index contributed by atoms with van der Waals surface area (Å²) in [6.07, 6.45) is 0. The molecule has 0 aromatic rings. The van der Waals surface area contributed by atoms with E-state index in [1.807, 2.05) is 0 Å². The van der Waals surface area contributed by atoms with Gasteiger partial charge in [0.1, 0.15) is 0 Å². The predicted octanol–water partition coefficient (Wildman–Crippen LogP) is 8.26. The molecule has 0 bridgehead atoms. The molecular weight excluding hydrogens is 426 g/mol. The summed E-state index contributed by atoms with van der Waals surface area (Å²) >= 11 is 0. The molecule has 0 aromatic heterocycles. The van der Waals surface area contributed by atoms with Gasteiger partial charge in [0.2, 0.25) is 41.6 Å². The van der Waals surface area contributed by atoms with Crippen LogP contribution in [0.3, 0.4) is 0 Å². The first-order chi connectivity index (χ1) is 10.7. The van der Waals surface area contributed by atoms with Gasteiger partial charge in [-0.25, -0.2) is 52.7 Å². The van der Waals surface area contributed by atoms with Gasteiger partial charge in [0.05, 0.1) is 0 Å². The number of rotatable bonds is 0. The van der Waals surface area contributed by atoms with Crippen molar-refractivity contribution >= 4 is 8.16 Å². The Morgan fingerprint density at radius 1 is 0.292 bits per heavy atom. The first-order valence-electron chi connectivity index (χ1n) is 4.05. The number of halogens is 17. The second-order valence-corrected chi connectivity index (χ2v) is 2.52. The van der Waals surface area contributed by atoms with Crippen molar-refractivity contribution in [3.63, 3.8) is 0 Å². The summed E-state index contributed by atoms with van der Waals surface area (Å²) in [4.78, 5) is 0. The zero-order valence-electron chi connectivity index (χ0n) is 11.1. The van der Waals surface area contributed by atoms with Gasteiger partial charge in [0, 0.05) is 0 Å². The minimum atomic E-state index is -8.55. The van der Waals surface area contributed by atoms with E-state index in [0.29, 0.717) is 0 Å². The molecule has 0 atom stereocenters. The van der Waals surface area contributed by atoms with E-state index >= 15 is 0 Å². The van der Waals surface area contributed by atoms with Gasteiger partial charge in [-0.1, -0.05) is 0 Å². The van der Waals surface area contributed by atoms with Gasteiger partial charge < -0.3 is 0 Å². The van der Waals surface area contributed by atoms with E-state index < -0.39 is 49.7 Å². The monoisotopic (exact) mass is 438 g/mol. The van der Waals surface area contributed by atoms with Gasteiger partial charge in [-0.15, -0.1) is 0 Å². The van der Waals surface area contributed by atoms with Gasteiger partial charge in [0.15, 0.2) is 0 Å². The average Bonchev–Trinajstić information content (AvgIpc) is 2.30. The van der Waals surface area contributed by atoms with Crippen LogP contribution in [0.25, 0.3) is 0 Å². The van der Waals surface area contributed by atoms with Crippen molar-refractivity contribution in [1.29, 1.82) is 0 Å². The van der Waals surface area contributed by atoms with E-state index in [0.717, 1.165) is 0 Å². The van der Waals surface area contributed by atoms with Crippen LogP contribution in [-0.4, -0.2) is 41.6 Å². The number of hydrogen-bond donors (Lipinski definition) is 0. The first kappa shape index (κ1) is 43.6. The Morgan fingerprint density at radius 3 is 0.292 bits per heavy atom. The van der Waals surface area contributed by atoms with Crippen LogP contribution >= 0.6 is 8.16 Å². The van der Waals surface area contributed by atoms with Crippen LogP contribution in [0.2, 0.25) is 0 Å². The van der Waals surface area contributed by atoms with Gasteiger partial charge in [-0.05, 0) is 0 Å². The molecule has 0 saturated carbocycles. The summed E-state index contributed by atoms with van der Waals surface area (Å²) in [6.45, 7) is -10.5. The SMILES string of the molecule is FCF.FCF.FCF.FCF.FCF.FCF.FP(F)(F)(F)F. The predicted molar refractivity (Wildman–Crippen MR) is 55.0 cm³/mol. The Bertz CT molecular complexity index is 104. The Hall–Kier alpha value is -0.760. The third-order valence-electron chi connectivity index (χ3n) is 0. The van der Waals surface area contributed by atoms with Crippen LogP contribution in [0.1, 0.15) is 0 Å². The summed E-state index contributed by atoms with van der Waals surface area (Å²) in [5.74, 6) is 0. The van der Waals surface area contributed by atoms with E-state index in [9.17, 15) is 73.7 Å². The van der Waals surface area contributed by atoms with Crippen molar-refractivity contribution < 1.29 is 73.7 Å². The van der Waals surface area contributed by atoms with E-state index in [1.54, 1.807) is 0 Å². The summed E-state index contributed by atoms with van der Waals surface area (Å²) < 4.78 is 165. The molecule has 0 amide bonds. The molecule has 0 aliphatic heterocycles. The van der Waals surface area contributed by atoms with E-state index in [-0.39, 0.29) is 0 Å². The molecule has 0 spiro atoms. The second-order valence-electron chi connectivity index (χ2n) is 1.24. The Labute approximate surface area is 125 Å². The molecule has 18 heteroatoms. The fourth-order valence-electron chi connectivity index (χ4n) is 0. The number of alkyl halides is 12. The molecule has 0 saturated heterocycles. The van der Waals surface area contributed by atoms with Gasteiger partial charge in [-0.2, -0.15) is 0 Å². The topological polar surface area (TPSA) is 0 Å². The third-order valence-corrected chi connectivity index (χ3v) is 0. The molecule has 0 heterocycles. The van der Waals surface area contributed by atoms with Crippen LogP contribution in [0.5, 0.6) is 0 Å². The first-order valence-corrected chi connectivity index (χ1v) is 5.74. The molecule has 0 rings (SSSR count). The molecule has 0 radical (unpaired) electrons. The van der Waals surface area contributed by atoms with Crippen LogP contribution in [0, 0.1) is 0 Å². The molecule has 160 valence electrons. The van der Waals surface area contributed by atoms with Crippen molar-refractivity contribution in [2.45, 2.75) is 0 Å². The van der Waals surface area contributed by atoms with Crippen molar-refractivity contribution in [2.75, 3.05) is 41.6 Å². The standard InChI is InChI=1S/6CH2F2.F5P/c6*2-1-3;1-6(2,3,4)5/h6*1H2;. The van der Waals surface area contributed by atoms with Crippen LogP contribution in [0.15, 0.2) is 0 Å². The van der Waals surface area contributed by atoms with Crippen molar-refractivity contribution in [1.82, 2.24) is 0 Å². The summed E-state index contributed by atoms with van der Waals surface area (Å²) in [5, 5.41) is 0. The minimum absolute atomic E-state index is 1.75. The molecule has 0 fully saturated rings. The Morgan fingerprint density at radius 2 is 0.292 bits per heavy atom. The van der Waals surface area contributed by atoms with E-state index in [2.05, 4.69) is 0 Å². The quantitative estimate of drug-likeness (QED) is 0.264. The Kier molecular flexibility index (Phi) is 78.5. The molecule has 0 aliphatic carbocycles. The fourth-order valence-corrected chi connectivity index (χ4v) is 0. The fraction of sp³-hybridized carbons (Fsp3) is 1.00. The second kappa shape index (κ2) is 43.2. The maximum atomic E-state index is 9.84. The Balaban J connectivity index is -0.0000000289. The molecule has 0 nitrogen and oxygen atoms in total. The van der Waals surface area contributed by atoms with Crippen LogP contribution < -0.4 is 0 Å². The van der Waals surface area contributed by atoms with Gasteiger partial charge in [-0.3, -0.25) is 0 Å². The zero-order chi connectivity index (χ0) is 21.7. The van der Waals surface area contributed by atoms with Crippen molar-refractivity contribution in [2.24, 2.45) is 0 Å². The molecular formula is C6H12F17P. The van der Waals surface area contributed by atoms with E-state index in [4.69, 9.17) is 0 Å². The van der Waals surface area contributed by atoms with Gasteiger partial charge >= 0.3 is 29.1 Å². The summed E-state index contributed by atoms with van der Waals surface area (Å²) in [7, 11) is -8.55. The molecule has 0 N–H and O–H groups in total. The number of hydrogen-bond acceptors (Lipinski definition) is 0. The van der Waals surface area contributed by atoms with Gasteiger partial charge in [0.25, 0.3) is 0 Å². The van der Waals surface area contributed by atoms with Crippen molar-refractivity contribution in [3.05, 3.63) is 0 Å². The van der Waals surface area contributed by atoms with Crippen LogP contribution in [-0.2, 0) is 0 Å². The van der Waals surface area contributed by atoms with Crippen molar-refractivity contribution in [3.8, 4) is 0 Å². The maximum absolute atomic E-state index is 9.84. The molecule has 0 aromatic carbocycles.